The van der Waals surface area contributed by atoms with Crippen LogP contribution in [0.3, 0.4) is 0 Å². The molecule has 1 aromatic heterocycles. The van der Waals surface area contributed by atoms with Crippen molar-refractivity contribution in [2.24, 2.45) is 40.9 Å². The van der Waals surface area contributed by atoms with Crippen LogP contribution in [-0.4, -0.2) is 31.2 Å². The summed E-state index contributed by atoms with van der Waals surface area (Å²) in [5, 5.41) is 36.2. The lowest BCUT2D eigenvalue weighted by atomic mass is 9.48. The van der Waals surface area contributed by atoms with Crippen LogP contribution in [0.4, 0.5) is 0 Å². The SMILES string of the molecule is CCC[C@@]1(O)CC[C@H]2[C@H](CC[C@@H]3[C@@H]2CC[C@]2(C)C(C(C)(O)Cn4ccc(C#N)n4)CC[C@@H]32)C1. The third kappa shape index (κ3) is 3.96. The first-order chi connectivity index (χ1) is 15.7. The summed E-state index contributed by atoms with van der Waals surface area (Å²) in [7, 11) is 0. The van der Waals surface area contributed by atoms with Gasteiger partial charge in [0.2, 0.25) is 0 Å². The summed E-state index contributed by atoms with van der Waals surface area (Å²) < 4.78 is 1.76. The highest BCUT2D eigenvalue weighted by Gasteiger charge is 2.60. The topological polar surface area (TPSA) is 82.1 Å². The zero-order valence-corrected chi connectivity index (χ0v) is 20.8. The van der Waals surface area contributed by atoms with Crippen LogP contribution in [-0.2, 0) is 6.54 Å². The Morgan fingerprint density at radius 2 is 1.94 bits per heavy atom. The molecule has 2 N–H and O–H groups in total. The fourth-order valence-corrected chi connectivity index (χ4v) is 9.62. The van der Waals surface area contributed by atoms with E-state index in [9.17, 15) is 10.2 Å². The Kier molecular flexibility index (Phi) is 5.93. The third-order valence-corrected chi connectivity index (χ3v) is 10.8. The molecule has 5 rings (SSSR count). The van der Waals surface area contributed by atoms with Gasteiger partial charge in [-0.25, -0.2) is 0 Å². The van der Waals surface area contributed by atoms with Crippen molar-refractivity contribution in [1.82, 2.24) is 9.78 Å². The molecular weight excluding hydrogens is 410 g/mol. The largest absolute Gasteiger partial charge is 0.390 e. The molecule has 0 saturated heterocycles. The summed E-state index contributed by atoms with van der Waals surface area (Å²) in [6.45, 7) is 7.12. The van der Waals surface area contributed by atoms with Crippen LogP contribution in [0.5, 0.6) is 0 Å². The molecular formula is C28H43N3O2. The molecule has 1 heterocycles. The van der Waals surface area contributed by atoms with E-state index >= 15 is 0 Å². The molecule has 0 bridgehead atoms. The van der Waals surface area contributed by atoms with Crippen molar-refractivity contribution in [3.63, 3.8) is 0 Å². The zero-order chi connectivity index (χ0) is 23.4. The van der Waals surface area contributed by atoms with Gasteiger partial charge in [0.25, 0.3) is 0 Å². The fourth-order valence-electron chi connectivity index (χ4n) is 9.62. The minimum Gasteiger partial charge on any atom is -0.390 e. The van der Waals surface area contributed by atoms with Gasteiger partial charge in [-0.2, -0.15) is 10.4 Å². The Morgan fingerprint density at radius 3 is 2.67 bits per heavy atom. The second-order valence-corrected chi connectivity index (χ2v) is 12.7. The van der Waals surface area contributed by atoms with Crippen molar-refractivity contribution >= 4 is 0 Å². The molecule has 4 saturated carbocycles. The fraction of sp³-hybridized carbons (Fsp3) is 0.857. The van der Waals surface area contributed by atoms with Gasteiger partial charge >= 0.3 is 0 Å². The monoisotopic (exact) mass is 453 g/mol. The molecule has 182 valence electrons. The molecule has 0 spiro atoms. The first kappa shape index (κ1) is 23.4. The number of aromatic nitrogens is 2. The Morgan fingerprint density at radius 1 is 1.15 bits per heavy atom. The maximum absolute atomic E-state index is 11.7. The van der Waals surface area contributed by atoms with Crippen LogP contribution in [0.15, 0.2) is 12.3 Å². The van der Waals surface area contributed by atoms with E-state index < -0.39 is 11.2 Å². The Bertz CT molecular complexity index is 903. The molecule has 5 nitrogen and oxygen atoms in total. The van der Waals surface area contributed by atoms with Gasteiger partial charge in [0.1, 0.15) is 6.07 Å². The Hall–Kier alpha value is -1.38. The molecule has 1 aromatic rings. The van der Waals surface area contributed by atoms with E-state index in [0.29, 0.717) is 18.2 Å². The van der Waals surface area contributed by atoms with Crippen molar-refractivity contribution in [3.8, 4) is 6.07 Å². The number of nitrogens with zero attached hydrogens (tertiary/aromatic N) is 3. The van der Waals surface area contributed by atoms with Crippen molar-refractivity contribution in [2.45, 2.75) is 109 Å². The molecule has 4 aliphatic carbocycles. The maximum Gasteiger partial charge on any atom is 0.162 e. The summed E-state index contributed by atoms with van der Waals surface area (Å²) >= 11 is 0. The smallest absolute Gasteiger partial charge is 0.162 e. The second kappa shape index (κ2) is 8.38. The molecule has 2 unspecified atom stereocenters. The quantitative estimate of drug-likeness (QED) is 0.633. The highest BCUT2D eigenvalue weighted by molar-refractivity contribution is 5.17. The van der Waals surface area contributed by atoms with Crippen LogP contribution in [0, 0.1) is 52.3 Å². The average Bonchev–Trinajstić information content (AvgIpc) is 3.36. The molecule has 33 heavy (non-hydrogen) atoms. The van der Waals surface area contributed by atoms with E-state index in [1.54, 1.807) is 10.7 Å². The normalized spacial score (nSPS) is 44.2. The highest BCUT2D eigenvalue weighted by Crippen LogP contribution is 2.66. The average molecular weight is 454 g/mol. The first-order valence-corrected chi connectivity index (χ1v) is 13.6. The van der Waals surface area contributed by atoms with E-state index in [1.165, 1.54) is 38.5 Å². The summed E-state index contributed by atoms with van der Waals surface area (Å²) in [5.41, 5.74) is -0.633. The summed E-state index contributed by atoms with van der Waals surface area (Å²) in [6.07, 6.45) is 14.5. The number of nitriles is 1. The molecule has 4 fully saturated rings. The summed E-state index contributed by atoms with van der Waals surface area (Å²) in [5.74, 6) is 4.11. The number of hydrogen-bond donors (Lipinski definition) is 2. The zero-order valence-electron chi connectivity index (χ0n) is 20.8. The molecule has 0 amide bonds. The van der Waals surface area contributed by atoms with Crippen molar-refractivity contribution in [3.05, 3.63) is 18.0 Å². The summed E-state index contributed by atoms with van der Waals surface area (Å²) in [4.78, 5) is 0. The van der Waals surface area contributed by atoms with Gasteiger partial charge in [-0.1, -0.05) is 20.3 Å². The highest BCUT2D eigenvalue weighted by atomic mass is 16.3. The van der Waals surface area contributed by atoms with E-state index in [4.69, 9.17) is 5.26 Å². The van der Waals surface area contributed by atoms with E-state index in [-0.39, 0.29) is 11.3 Å². The van der Waals surface area contributed by atoms with Gasteiger partial charge < -0.3 is 10.2 Å². The molecule has 0 aromatic carbocycles. The van der Waals surface area contributed by atoms with Gasteiger partial charge in [-0.05, 0) is 118 Å². The molecule has 4 aliphatic rings. The van der Waals surface area contributed by atoms with E-state index in [1.807, 2.05) is 13.1 Å². The third-order valence-electron chi connectivity index (χ3n) is 10.8. The number of fused-ring (bicyclic) bond motifs is 5. The minimum atomic E-state index is -0.826. The number of hydrogen-bond acceptors (Lipinski definition) is 4. The summed E-state index contributed by atoms with van der Waals surface area (Å²) in [6, 6.07) is 3.82. The van der Waals surface area contributed by atoms with Crippen LogP contribution in [0.1, 0.15) is 97.1 Å². The lowest BCUT2D eigenvalue weighted by Gasteiger charge is -2.58. The Balaban J connectivity index is 1.31. The van der Waals surface area contributed by atoms with Crippen molar-refractivity contribution in [2.75, 3.05) is 0 Å². The number of aliphatic hydroxyl groups is 2. The van der Waals surface area contributed by atoms with Gasteiger partial charge in [-0.15, -0.1) is 0 Å². The van der Waals surface area contributed by atoms with Crippen LogP contribution < -0.4 is 0 Å². The lowest BCUT2D eigenvalue weighted by molar-refractivity contribution is -0.130. The predicted molar refractivity (Wildman–Crippen MR) is 128 cm³/mol. The maximum atomic E-state index is 11.7. The predicted octanol–water partition coefficient (Wildman–Crippen LogP) is 5.31. The lowest BCUT2D eigenvalue weighted by Crippen LogP contribution is -2.53. The second-order valence-electron chi connectivity index (χ2n) is 12.7. The van der Waals surface area contributed by atoms with Crippen molar-refractivity contribution in [1.29, 1.82) is 5.26 Å². The van der Waals surface area contributed by atoms with Gasteiger partial charge in [0, 0.05) is 6.20 Å². The van der Waals surface area contributed by atoms with Crippen molar-refractivity contribution < 1.29 is 10.2 Å². The van der Waals surface area contributed by atoms with Gasteiger partial charge in [0.15, 0.2) is 5.69 Å². The minimum absolute atomic E-state index is 0.181. The molecule has 9 atom stereocenters. The van der Waals surface area contributed by atoms with E-state index in [0.717, 1.165) is 55.8 Å². The first-order valence-electron chi connectivity index (χ1n) is 13.6. The van der Waals surface area contributed by atoms with Crippen LogP contribution in [0.2, 0.25) is 0 Å². The molecule has 0 radical (unpaired) electrons. The van der Waals surface area contributed by atoms with Crippen LogP contribution in [0.25, 0.3) is 0 Å². The molecule has 5 heteroatoms. The Labute approximate surface area is 199 Å². The van der Waals surface area contributed by atoms with E-state index in [2.05, 4.69) is 25.0 Å². The van der Waals surface area contributed by atoms with Crippen LogP contribution >= 0.6 is 0 Å². The van der Waals surface area contributed by atoms with Gasteiger partial charge in [-0.3, -0.25) is 4.68 Å². The number of rotatable bonds is 5. The standard InChI is InChI=1S/C28H43N3O2/c1-4-12-28(33)14-10-21-19(16-28)5-6-23-22(21)9-13-26(2)24(23)7-8-25(26)27(3,32)18-31-15-11-20(17-29)30-31/h11,15,19,21-25,32-33H,4-10,12-14,16,18H2,1-3H3/t19-,21+,22-,23-,24+,25?,26+,27?,28-/m1/s1. The van der Waals surface area contributed by atoms with Gasteiger partial charge in [0.05, 0.1) is 17.7 Å². The molecule has 0 aliphatic heterocycles.